The summed E-state index contributed by atoms with van der Waals surface area (Å²) in [4.78, 5) is 50.7. The summed E-state index contributed by atoms with van der Waals surface area (Å²) in [5.74, 6) is 0.617. The zero-order valence-corrected chi connectivity index (χ0v) is 25.1. The number of amides is 1. The van der Waals surface area contributed by atoms with E-state index in [0.717, 1.165) is 25.9 Å². The molecular formula is C26H36N12O5S. The molecule has 0 spiro atoms. The topological polar surface area (TPSA) is 248 Å². The SMILES string of the molecule is CC1(C)Nc2nc(N)[nH]c(=O)c2N=C1C(=O)NCCN1CCC(SCC2OC(n3cnc4c(N)ncnc43)C(O)C2O)CC1. The summed E-state index contributed by atoms with van der Waals surface area (Å²) in [6, 6.07) is 0. The van der Waals surface area contributed by atoms with Gasteiger partial charge in [0.1, 0.15) is 29.8 Å². The second-order valence-electron chi connectivity index (χ2n) is 11.6. The lowest BCUT2D eigenvalue weighted by Crippen LogP contribution is -2.52. The molecule has 0 radical (unpaired) electrons. The zero-order valence-electron chi connectivity index (χ0n) is 24.3. The summed E-state index contributed by atoms with van der Waals surface area (Å²) in [7, 11) is 0. The molecule has 6 rings (SSSR count). The standard InChI is InChI=1S/C26H36N12O5S/c1-26(2)18(33-15-20(36-26)34-25(28)35-22(15)41)23(42)29-5-8-37-6-3-12(4-7-37)44-9-13-16(39)17(40)24(43-13)38-11-32-14-19(27)30-10-31-21(14)38/h10-13,16-17,24,39-40H,3-9H2,1-2H3,(H,29,42)(H2,27,30,31)(H4,28,34,35,36,41). The maximum atomic E-state index is 13.0. The smallest absolute Gasteiger partial charge is 0.280 e. The zero-order chi connectivity index (χ0) is 31.2. The number of aliphatic hydroxyl groups is 2. The van der Waals surface area contributed by atoms with Gasteiger partial charge in [0, 0.05) is 24.1 Å². The molecule has 2 fully saturated rings. The average Bonchev–Trinajstić information content (AvgIpc) is 3.53. The number of thioether (sulfide) groups is 1. The maximum absolute atomic E-state index is 13.0. The number of carbonyl (C=O) groups excluding carboxylic acids is 1. The molecule has 3 aromatic rings. The van der Waals surface area contributed by atoms with Crippen molar-refractivity contribution in [1.29, 1.82) is 0 Å². The van der Waals surface area contributed by atoms with Gasteiger partial charge in [0.25, 0.3) is 11.5 Å². The molecule has 0 saturated carbocycles. The summed E-state index contributed by atoms with van der Waals surface area (Å²) in [5.41, 5.74) is 11.2. The van der Waals surface area contributed by atoms with Crippen molar-refractivity contribution < 1.29 is 19.7 Å². The minimum Gasteiger partial charge on any atom is -0.387 e. The van der Waals surface area contributed by atoms with Crippen molar-refractivity contribution in [2.75, 3.05) is 48.7 Å². The number of hydrogen-bond donors (Lipinski definition) is 7. The normalized spacial score (nSPS) is 25.4. The van der Waals surface area contributed by atoms with Crippen LogP contribution in [0.1, 0.15) is 32.9 Å². The van der Waals surface area contributed by atoms with E-state index < -0.39 is 35.6 Å². The van der Waals surface area contributed by atoms with Crippen molar-refractivity contribution >= 4 is 57.8 Å². The van der Waals surface area contributed by atoms with E-state index in [9.17, 15) is 19.8 Å². The van der Waals surface area contributed by atoms with Gasteiger partial charge < -0.3 is 42.0 Å². The largest absolute Gasteiger partial charge is 0.387 e. The number of aliphatic imine (C=N–C) groups is 1. The molecule has 3 aliphatic heterocycles. The van der Waals surface area contributed by atoms with Gasteiger partial charge in [-0.2, -0.15) is 16.7 Å². The minimum absolute atomic E-state index is 0.0266. The molecular weight excluding hydrogens is 592 g/mol. The third-order valence-corrected chi connectivity index (χ3v) is 9.58. The van der Waals surface area contributed by atoms with Gasteiger partial charge in [0.15, 0.2) is 29.2 Å². The monoisotopic (exact) mass is 628 g/mol. The maximum Gasteiger partial charge on any atom is 0.280 e. The Hall–Kier alpha value is -3.84. The number of imidazole rings is 1. The number of aromatic amines is 1. The molecule has 9 N–H and O–H groups in total. The van der Waals surface area contributed by atoms with Crippen molar-refractivity contribution in [2.45, 2.75) is 62.0 Å². The van der Waals surface area contributed by atoms with Crippen LogP contribution in [0.4, 0.5) is 23.3 Å². The number of aromatic nitrogens is 6. The molecule has 6 heterocycles. The molecule has 3 aliphatic rings. The van der Waals surface area contributed by atoms with Crippen LogP contribution in [0.15, 0.2) is 22.4 Å². The molecule has 3 aromatic heterocycles. The van der Waals surface area contributed by atoms with Gasteiger partial charge in [-0.15, -0.1) is 0 Å². The second kappa shape index (κ2) is 11.9. The van der Waals surface area contributed by atoms with E-state index in [1.807, 2.05) is 0 Å². The Kier molecular flexibility index (Phi) is 8.18. The highest BCUT2D eigenvalue weighted by Crippen LogP contribution is 2.35. The number of nitrogen functional groups attached to an aromatic ring is 2. The lowest BCUT2D eigenvalue weighted by Gasteiger charge is -2.33. The Morgan fingerprint density at radius 3 is 2.75 bits per heavy atom. The first-order valence-corrected chi connectivity index (χ1v) is 15.4. The number of nitrogens with two attached hydrogens (primary N) is 2. The quantitative estimate of drug-likeness (QED) is 0.158. The van der Waals surface area contributed by atoms with Gasteiger partial charge in [-0.05, 0) is 39.8 Å². The Morgan fingerprint density at radius 2 is 1.98 bits per heavy atom. The van der Waals surface area contributed by atoms with Crippen LogP contribution >= 0.6 is 11.8 Å². The van der Waals surface area contributed by atoms with Crippen molar-refractivity contribution in [3.05, 3.63) is 23.0 Å². The fourth-order valence-electron chi connectivity index (χ4n) is 5.71. The van der Waals surface area contributed by atoms with E-state index in [4.69, 9.17) is 16.2 Å². The molecule has 17 nitrogen and oxygen atoms in total. The number of hydrogen-bond acceptors (Lipinski definition) is 15. The first-order chi connectivity index (χ1) is 21.0. The van der Waals surface area contributed by atoms with Gasteiger partial charge in [-0.1, -0.05) is 0 Å². The predicted octanol–water partition coefficient (Wildman–Crippen LogP) is -1.02. The molecule has 0 aliphatic carbocycles. The summed E-state index contributed by atoms with van der Waals surface area (Å²) < 4.78 is 7.65. The van der Waals surface area contributed by atoms with Gasteiger partial charge in [-0.3, -0.25) is 19.1 Å². The lowest BCUT2D eigenvalue weighted by atomic mass is 9.95. The minimum atomic E-state index is -1.14. The highest BCUT2D eigenvalue weighted by Gasteiger charge is 2.44. The number of fused-ring (bicyclic) bond motifs is 2. The Labute approximate surface area is 255 Å². The summed E-state index contributed by atoms with van der Waals surface area (Å²) >= 11 is 1.72. The lowest BCUT2D eigenvalue weighted by molar-refractivity contribution is -0.115. The van der Waals surface area contributed by atoms with E-state index in [-0.39, 0.29) is 34.9 Å². The number of carbonyl (C=O) groups is 1. The first kappa shape index (κ1) is 30.2. The summed E-state index contributed by atoms with van der Waals surface area (Å²) in [6.07, 6.45) is 1.10. The number of ether oxygens (including phenoxy) is 1. The van der Waals surface area contributed by atoms with E-state index in [1.165, 1.54) is 12.7 Å². The average molecular weight is 629 g/mol. The Balaban J connectivity index is 0.957. The van der Waals surface area contributed by atoms with Crippen molar-refractivity contribution in [3.63, 3.8) is 0 Å². The van der Waals surface area contributed by atoms with E-state index in [2.05, 4.69) is 45.4 Å². The van der Waals surface area contributed by atoms with Crippen molar-refractivity contribution in [1.82, 2.24) is 39.7 Å². The van der Waals surface area contributed by atoms with E-state index >= 15 is 0 Å². The highest BCUT2D eigenvalue weighted by molar-refractivity contribution is 7.99. The van der Waals surface area contributed by atoms with Crippen LogP contribution < -0.4 is 27.7 Å². The molecule has 4 atom stereocenters. The van der Waals surface area contributed by atoms with E-state index in [1.54, 1.807) is 30.2 Å². The molecule has 0 bridgehead atoms. The number of H-pyrrole nitrogens is 1. The molecule has 236 valence electrons. The van der Waals surface area contributed by atoms with Crippen LogP contribution in [0.3, 0.4) is 0 Å². The Morgan fingerprint density at radius 1 is 1.20 bits per heavy atom. The number of likely N-dealkylation sites (tertiary alicyclic amines) is 1. The van der Waals surface area contributed by atoms with Crippen LogP contribution in [0, 0.1) is 0 Å². The van der Waals surface area contributed by atoms with Crippen LogP contribution in [-0.2, 0) is 9.53 Å². The Bertz CT molecular complexity index is 1640. The molecule has 2 saturated heterocycles. The predicted molar refractivity (Wildman–Crippen MR) is 165 cm³/mol. The number of rotatable bonds is 8. The highest BCUT2D eigenvalue weighted by atomic mass is 32.2. The van der Waals surface area contributed by atoms with Crippen LogP contribution in [0.2, 0.25) is 0 Å². The summed E-state index contributed by atoms with van der Waals surface area (Å²) in [5, 5.41) is 27.8. The molecule has 0 aromatic carbocycles. The summed E-state index contributed by atoms with van der Waals surface area (Å²) in [6.45, 7) is 6.40. The number of nitrogens with zero attached hydrogens (tertiary/aromatic N) is 7. The fourth-order valence-corrected chi connectivity index (χ4v) is 6.99. The fraction of sp³-hybridized carbons (Fsp3) is 0.577. The third-order valence-electron chi connectivity index (χ3n) is 8.12. The van der Waals surface area contributed by atoms with Gasteiger partial charge >= 0.3 is 0 Å². The van der Waals surface area contributed by atoms with Crippen molar-refractivity contribution in [2.24, 2.45) is 4.99 Å². The van der Waals surface area contributed by atoms with Gasteiger partial charge in [0.2, 0.25) is 5.95 Å². The van der Waals surface area contributed by atoms with Gasteiger partial charge in [-0.25, -0.2) is 19.9 Å². The third kappa shape index (κ3) is 5.82. The molecule has 1 amide bonds. The second-order valence-corrected chi connectivity index (χ2v) is 13.0. The molecule has 18 heteroatoms. The van der Waals surface area contributed by atoms with E-state index in [0.29, 0.717) is 35.3 Å². The van der Waals surface area contributed by atoms with Crippen LogP contribution in [0.25, 0.3) is 11.2 Å². The van der Waals surface area contributed by atoms with Crippen LogP contribution in [-0.4, -0.2) is 117 Å². The number of nitrogens with one attached hydrogen (secondary N) is 3. The number of aliphatic hydroxyl groups excluding tert-OH is 2. The van der Waals surface area contributed by atoms with Crippen LogP contribution in [0.5, 0.6) is 0 Å². The molecule has 44 heavy (non-hydrogen) atoms. The molecule has 4 unspecified atom stereocenters. The first-order valence-electron chi connectivity index (χ1n) is 14.4. The number of piperidine rings is 1. The van der Waals surface area contributed by atoms with Gasteiger partial charge in [0.05, 0.1) is 18.0 Å². The van der Waals surface area contributed by atoms with Crippen molar-refractivity contribution in [3.8, 4) is 0 Å². The number of anilines is 3.